The smallest absolute Gasteiger partial charge is 0.143 e. The molecule has 43 heavy (non-hydrogen) atoms. The van der Waals surface area contributed by atoms with Crippen molar-refractivity contribution < 1.29 is 4.42 Å². The Morgan fingerprint density at radius 1 is 0.442 bits per heavy atom. The predicted molar refractivity (Wildman–Crippen MR) is 184 cm³/mol. The normalized spacial score (nSPS) is 11.7. The third-order valence-corrected chi connectivity index (χ3v) is 9.69. The van der Waals surface area contributed by atoms with E-state index in [1.807, 2.05) is 23.5 Å². The van der Waals surface area contributed by atoms with Gasteiger partial charge in [-0.3, -0.25) is 0 Å². The Morgan fingerprint density at radius 2 is 1.09 bits per heavy atom. The molecule has 0 amide bonds. The van der Waals surface area contributed by atoms with Crippen molar-refractivity contribution in [3.8, 4) is 11.1 Å². The summed E-state index contributed by atoms with van der Waals surface area (Å²) in [6, 6.07) is 54.2. The first kappa shape index (κ1) is 24.2. The highest BCUT2D eigenvalue weighted by Crippen LogP contribution is 2.44. The molecule has 0 spiro atoms. The first-order valence-corrected chi connectivity index (χ1v) is 15.3. The topological polar surface area (TPSA) is 16.4 Å². The molecule has 2 nitrogen and oxygen atoms in total. The van der Waals surface area contributed by atoms with Crippen molar-refractivity contribution in [3.05, 3.63) is 152 Å². The minimum Gasteiger partial charge on any atom is -0.455 e. The van der Waals surface area contributed by atoms with Crippen molar-refractivity contribution >= 4 is 81.3 Å². The highest BCUT2D eigenvalue weighted by molar-refractivity contribution is 7.26. The Balaban J connectivity index is 1.21. The number of para-hydroxylation sites is 2. The number of rotatable bonds is 4. The van der Waals surface area contributed by atoms with Crippen LogP contribution in [-0.4, -0.2) is 0 Å². The monoisotopic (exact) mass is 567 g/mol. The van der Waals surface area contributed by atoms with E-state index < -0.39 is 0 Å². The fourth-order valence-electron chi connectivity index (χ4n) is 6.49. The van der Waals surface area contributed by atoms with E-state index in [1.165, 1.54) is 31.3 Å². The van der Waals surface area contributed by atoms with Crippen LogP contribution in [-0.2, 0) is 0 Å². The average Bonchev–Trinajstić information content (AvgIpc) is 3.65. The fourth-order valence-corrected chi connectivity index (χ4v) is 7.73. The second kappa shape index (κ2) is 9.59. The summed E-state index contributed by atoms with van der Waals surface area (Å²) < 4.78 is 9.07. The van der Waals surface area contributed by atoms with E-state index in [0.29, 0.717) is 0 Å². The zero-order chi connectivity index (χ0) is 28.3. The van der Waals surface area contributed by atoms with Crippen LogP contribution in [0.5, 0.6) is 0 Å². The molecule has 0 bridgehead atoms. The summed E-state index contributed by atoms with van der Waals surface area (Å²) >= 11 is 1.87. The molecule has 0 fully saturated rings. The van der Waals surface area contributed by atoms with Gasteiger partial charge in [-0.05, 0) is 59.7 Å². The van der Waals surface area contributed by atoms with Gasteiger partial charge in [-0.2, -0.15) is 0 Å². The largest absolute Gasteiger partial charge is 0.455 e. The summed E-state index contributed by atoms with van der Waals surface area (Å²) in [5.74, 6) is 0. The van der Waals surface area contributed by atoms with Crippen molar-refractivity contribution in [2.75, 3.05) is 4.90 Å². The molecule has 2 heterocycles. The molecule has 0 atom stereocenters. The average molecular weight is 568 g/mol. The molecule has 3 heteroatoms. The van der Waals surface area contributed by atoms with E-state index in [4.69, 9.17) is 4.42 Å². The van der Waals surface area contributed by atoms with Gasteiger partial charge in [0.15, 0.2) is 0 Å². The molecule has 0 aliphatic heterocycles. The van der Waals surface area contributed by atoms with Crippen LogP contribution >= 0.6 is 11.3 Å². The van der Waals surface area contributed by atoms with E-state index in [9.17, 15) is 0 Å². The van der Waals surface area contributed by atoms with Crippen molar-refractivity contribution in [1.29, 1.82) is 0 Å². The van der Waals surface area contributed by atoms with Gasteiger partial charge in [0.05, 0.1) is 5.69 Å². The molecule has 2 aromatic heterocycles. The van der Waals surface area contributed by atoms with Crippen LogP contribution < -0.4 is 4.90 Å². The lowest BCUT2D eigenvalue weighted by Gasteiger charge is -2.27. The molecule has 0 N–H and O–H groups in total. The predicted octanol–water partition coefficient (Wildman–Crippen LogP) is 12.2. The number of hydrogen-bond acceptors (Lipinski definition) is 3. The lowest BCUT2D eigenvalue weighted by atomic mass is 10.0. The first-order chi connectivity index (χ1) is 21.3. The van der Waals surface area contributed by atoms with E-state index in [0.717, 1.165) is 49.8 Å². The lowest BCUT2D eigenvalue weighted by Crippen LogP contribution is -2.10. The van der Waals surface area contributed by atoms with Crippen LogP contribution in [0, 0.1) is 0 Å². The van der Waals surface area contributed by atoms with E-state index in [1.54, 1.807) is 0 Å². The zero-order valence-corrected chi connectivity index (χ0v) is 24.0. The highest BCUT2D eigenvalue weighted by atomic mass is 32.1. The Labute approximate surface area is 252 Å². The van der Waals surface area contributed by atoms with Gasteiger partial charge in [0.25, 0.3) is 0 Å². The van der Waals surface area contributed by atoms with Crippen LogP contribution in [0.1, 0.15) is 0 Å². The molecule has 0 saturated heterocycles. The standard InChI is InChI=1S/C40H25NOS/c1-2-10-27(11-3-1)41(36-17-9-15-33-30(36)24-25-34-31-12-4-6-18-37(31)42-39(33)34)28-22-20-26(21-23-28)29-14-8-16-35-32-13-5-7-19-38(32)43-40(29)35/h1-25H. The maximum atomic E-state index is 6.42. The van der Waals surface area contributed by atoms with Crippen molar-refractivity contribution in [3.63, 3.8) is 0 Å². The summed E-state index contributed by atoms with van der Waals surface area (Å²) in [6.45, 7) is 0. The Morgan fingerprint density at radius 3 is 1.98 bits per heavy atom. The third-order valence-electron chi connectivity index (χ3n) is 8.47. The van der Waals surface area contributed by atoms with Gasteiger partial charge in [-0.15, -0.1) is 11.3 Å². The Hall–Kier alpha value is -5.38. The molecule has 0 unspecified atom stereocenters. The zero-order valence-electron chi connectivity index (χ0n) is 23.2. The quantitative estimate of drug-likeness (QED) is 0.210. The summed E-state index contributed by atoms with van der Waals surface area (Å²) in [5, 5.41) is 7.20. The van der Waals surface area contributed by atoms with Gasteiger partial charge in [-0.25, -0.2) is 0 Å². The van der Waals surface area contributed by atoms with Crippen LogP contribution in [0.4, 0.5) is 17.1 Å². The fraction of sp³-hybridized carbons (Fsp3) is 0. The molecule has 9 aromatic rings. The number of anilines is 3. The number of benzene rings is 7. The van der Waals surface area contributed by atoms with Crippen molar-refractivity contribution in [2.24, 2.45) is 0 Å². The molecule has 0 aliphatic carbocycles. The molecule has 9 rings (SSSR count). The van der Waals surface area contributed by atoms with Gasteiger partial charge in [0.1, 0.15) is 11.2 Å². The number of nitrogens with zero attached hydrogens (tertiary/aromatic N) is 1. The van der Waals surface area contributed by atoms with E-state index in [-0.39, 0.29) is 0 Å². The molecule has 202 valence electrons. The number of fused-ring (bicyclic) bond motifs is 8. The molecule has 0 aliphatic rings. The van der Waals surface area contributed by atoms with Gasteiger partial charge >= 0.3 is 0 Å². The van der Waals surface area contributed by atoms with E-state index in [2.05, 4.69) is 144 Å². The molecular formula is C40H25NOS. The van der Waals surface area contributed by atoms with Crippen molar-refractivity contribution in [2.45, 2.75) is 0 Å². The summed E-state index contributed by atoms with van der Waals surface area (Å²) in [6.07, 6.45) is 0. The third kappa shape index (κ3) is 3.79. The highest BCUT2D eigenvalue weighted by Gasteiger charge is 2.18. The summed E-state index contributed by atoms with van der Waals surface area (Å²) in [5.41, 5.74) is 7.67. The maximum absolute atomic E-state index is 6.42. The Kier molecular flexibility index (Phi) is 5.40. The summed E-state index contributed by atoms with van der Waals surface area (Å²) in [7, 11) is 0. The van der Waals surface area contributed by atoms with Crippen LogP contribution in [0.2, 0.25) is 0 Å². The second-order valence-electron chi connectivity index (χ2n) is 10.9. The number of hydrogen-bond donors (Lipinski definition) is 0. The van der Waals surface area contributed by atoms with Crippen molar-refractivity contribution in [1.82, 2.24) is 0 Å². The SMILES string of the molecule is c1ccc(N(c2ccc(-c3cccc4c3sc3ccccc34)cc2)c2cccc3c2ccc2c4ccccc4oc32)cc1. The number of thiophene rings is 1. The minimum atomic E-state index is 0.916. The Bertz CT molecular complexity index is 2450. The van der Waals surface area contributed by atoms with Crippen LogP contribution in [0.3, 0.4) is 0 Å². The van der Waals surface area contributed by atoms with Gasteiger partial charge < -0.3 is 9.32 Å². The minimum absolute atomic E-state index is 0.916. The van der Waals surface area contributed by atoms with Gasteiger partial charge in [0.2, 0.25) is 0 Å². The van der Waals surface area contributed by atoms with E-state index >= 15 is 0 Å². The molecule has 0 radical (unpaired) electrons. The van der Waals surface area contributed by atoms with Gasteiger partial charge in [0, 0.05) is 53.1 Å². The molecular weight excluding hydrogens is 543 g/mol. The number of furan rings is 1. The molecule has 0 saturated carbocycles. The molecule has 7 aromatic carbocycles. The van der Waals surface area contributed by atoms with Gasteiger partial charge in [-0.1, -0.05) is 103 Å². The first-order valence-electron chi connectivity index (χ1n) is 14.5. The lowest BCUT2D eigenvalue weighted by molar-refractivity contribution is 0.672. The van der Waals surface area contributed by atoms with Crippen LogP contribution in [0.15, 0.2) is 156 Å². The second-order valence-corrected chi connectivity index (χ2v) is 12.0. The maximum Gasteiger partial charge on any atom is 0.143 e. The summed E-state index contributed by atoms with van der Waals surface area (Å²) in [4.78, 5) is 2.35. The van der Waals surface area contributed by atoms with Crippen LogP contribution in [0.25, 0.3) is 64.0 Å².